The molecule has 0 bridgehead atoms. The van der Waals surface area contributed by atoms with E-state index in [0.29, 0.717) is 0 Å². The first-order valence-corrected chi connectivity index (χ1v) is 8.54. The molecule has 2 nitrogen and oxygen atoms in total. The summed E-state index contributed by atoms with van der Waals surface area (Å²) in [4.78, 5) is 11.7. The summed E-state index contributed by atoms with van der Waals surface area (Å²) in [6, 6.07) is 12.7. The highest BCUT2D eigenvalue weighted by molar-refractivity contribution is 9.10. The summed E-state index contributed by atoms with van der Waals surface area (Å²) in [5.41, 5.74) is 6.18. The Morgan fingerprint density at radius 1 is 1.14 bits per heavy atom. The summed E-state index contributed by atoms with van der Waals surface area (Å²) in [6.07, 6.45) is 3.35. The highest BCUT2D eigenvalue weighted by Crippen LogP contribution is 2.39. The molecule has 0 saturated carbocycles. The van der Waals surface area contributed by atoms with Gasteiger partial charge in [-0.05, 0) is 47.6 Å². The third kappa shape index (κ3) is 2.82. The first-order chi connectivity index (χ1) is 10.6. The van der Waals surface area contributed by atoms with Gasteiger partial charge in [0.05, 0.1) is 0 Å². The number of benzene rings is 2. The number of amides is 1. The van der Waals surface area contributed by atoms with E-state index in [1.165, 1.54) is 28.7 Å². The van der Waals surface area contributed by atoms with E-state index in [-0.39, 0.29) is 11.8 Å². The van der Waals surface area contributed by atoms with Gasteiger partial charge in [-0.1, -0.05) is 53.2 Å². The molecular formula is C19H20BrNO. The van der Waals surface area contributed by atoms with Crippen LogP contribution in [0.1, 0.15) is 48.4 Å². The Hall–Kier alpha value is -1.61. The molecule has 1 amide bonds. The molecule has 0 aromatic heterocycles. The van der Waals surface area contributed by atoms with Crippen molar-refractivity contribution in [3.63, 3.8) is 0 Å². The fourth-order valence-electron chi connectivity index (χ4n) is 3.36. The minimum absolute atomic E-state index is 0.000812. The maximum atomic E-state index is 11.7. The standard InChI is InChI=1S/C19H20BrNO/c1-12(15-7-3-4-9-18(15)20)16-11-10-14-6-5-8-17(14)19(16)21-13(2)22/h3-4,7,9-12H,5-6,8H2,1-2H3,(H,21,22)/t12-/m1/s1. The van der Waals surface area contributed by atoms with Gasteiger partial charge in [0.2, 0.25) is 5.91 Å². The van der Waals surface area contributed by atoms with Gasteiger partial charge in [0.25, 0.3) is 0 Å². The number of rotatable bonds is 3. The van der Waals surface area contributed by atoms with Crippen molar-refractivity contribution in [3.05, 3.63) is 63.1 Å². The van der Waals surface area contributed by atoms with Crippen LogP contribution in [0.4, 0.5) is 5.69 Å². The van der Waals surface area contributed by atoms with Crippen molar-refractivity contribution in [2.75, 3.05) is 5.32 Å². The van der Waals surface area contributed by atoms with Gasteiger partial charge in [0.1, 0.15) is 0 Å². The second-order valence-corrected chi connectivity index (χ2v) is 6.80. The third-order valence-electron chi connectivity index (χ3n) is 4.45. The van der Waals surface area contributed by atoms with Crippen LogP contribution in [0.15, 0.2) is 40.9 Å². The zero-order chi connectivity index (χ0) is 15.7. The van der Waals surface area contributed by atoms with E-state index in [4.69, 9.17) is 0 Å². The van der Waals surface area contributed by atoms with Gasteiger partial charge < -0.3 is 5.32 Å². The second kappa shape index (κ2) is 6.25. The van der Waals surface area contributed by atoms with E-state index in [9.17, 15) is 4.79 Å². The van der Waals surface area contributed by atoms with E-state index in [2.05, 4.69) is 58.5 Å². The van der Waals surface area contributed by atoms with E-state index in [0.717, 1.165) is 23.0 Å². The number of hydrogen-bond acceptors (Lipinski definition) is 1. The predicted molar refractivity (Wildman–Crippen MR) is 94.4 cm³/mol. The zero-order valence-corrected chi connectivity index (χ0v) is 14.5. The van der Waals surface area contributed by atoms with Crippen molar-refractivity contribution in [3.8, 4) is 0 Å². The summed E-state index contributed by atoms with van der Waals surface area (Å²) in [7, 11) is 0. The van der Waals surface area contributed by atoms with Gasteiger partial charge in [-0.2, -0.15) is 0 Å². The van der Waals surface area contributed by atoms with E-state index in [1.807, 2.05) is 6.07 Å². The van der Waals surface area contributed by atoms with E-state index < -0.39 is 0 Å². The van der Waals surface area contributed by atoms with Crippen LogP contribution < -0.4 is 5.32 Å². The Morgan fingerprint density at radius 2 is 1.91 bits per heavy atom. The fourth-order valence-corrected chi connectivity index (χ4v) is 3.99. The van der Waals surface area contributed by atoms with Crippen LogP contribution in [0.5, 0.6) is 0 Å². The molecule has 0 radical (unpaired) electrons. The maximum absolute atomic E-state index is 11.7. The lowest BCUT2D eigenvalue weighted by Gasteiger charge is -2.21. The SMILES string of the molecule is CC(=O)Nc1c([C@H](C)c2ccccc2Br)ccc2c1CCC2. The van der Waals surface area contributed by atoms with Crippen molar-refractivity contribution < 1.29 is 4.79 Å². The minimum Gasteiger partial charge on any atom is -0.326 e. The Morgan fingerprint density at radius 3 is 2.64 bits per heavy atom. The molecule has 1 N–H and O–H groups in total. The lowest BCUT2D eigenvalue weighted by Crippen LogP contribution is -2.12. The lowest BCUT2D eigenvalue weighted by atomic mass is 9.89. The number of halogens is 1. The van der Waals surface area contributed by atoms with Gasteiger partial charge in [-0.3, -0.25) is 4.79 Å². The molecule has 3 rings (SSSR count). The summed E-state index contributed by atoms with van der Waals surface area (Å²) in [5.74, 6) is 0.226. The number of hydrogen-bond donors (Lipinski definition) is 1. The monoisotopic (exact) mass is 357 g/mol. The molecular weight excluding hydrogens is 338 g/mol. The van der Waals surface area contributed by atoms with Crippen LogP contribution >= 0.6 is 15.9 Å². The molecule has 0 aliphatic heterocycles. The highest BCUT2D eigenvalue weighted by atomic mass is 79.9. The Kier molecular flexibility index (Phi) is 4.34. The van der Waals surface area contributed by atoms with Crippen LogP contribution in [0.25, 0.3) is 0 Å². The molecule has 1 aliphatic carbocycles. The molecule has 0 fully saturated rings. The summed E-state index contributed by atoms with van der Waals surface area (Å²) in [5, 5.41) is 3.09. The molecule has 0 saturated heterocycles. The summed E-state index contributed by atoms with van der Waals surface area (Å²) >= 11 is 3.64. The van der Waals surface area contributed by atoms with Gasteiger partial charge in [0.15, 0.2) is 0 Å². The van der Waals surface area contributed by atoms with Crippen LogP contribution in [-0.4, -0.2) is 5.91 Å². The summed E-state index contributed by atoms with van der Waals surface area (Å²) in [6.45, 7) is 3.78. The predicted octanol–water partition coefficient (Wildman–Crippen LogP) is 5.05. The Labute approximate surface area is 140 Å². The molecule has 0 unspecified atom stereocenters. The molecule has 1 atom stereocenters. The fraction of sp³-hybridized carbons (Fsp3) is 0.316. The van der Waals surface area contributed by atoms with Crippen LogP contribution in [0.3, 0.4) is 0 Å². The van der Waals surface area contributed by atoms with Crippen molar-refractivity contribution >= 4 is 27.5 Å². The molecule has 3 heteroatoms. The quantitative estimate of drug-likeness (QED) is 0.818. The molecule has 0 heterocycles. The number of aryl methyl sites for hydroxylation is 1. The normalized spacial score (nSPS) is 14.5. The molecule has 2 aromatic carbocycles. The van der Waals surface area contributed by atoms with Crippen molar-refractivity contribution in [1.82, 2.24) is 0 Å². The Balaban J connectivity index is 2.10. The molecule has 114 valence electrons. The highest BCUT2D eigenvalue weighted by Gasteiger charge is 2.22. The number of carbonyl (C=O) groups is 1. The smallest absolute Gasteiger partial charge is 0.221 e. The largest absolute Gasteiger partial charge is 0.326 e. The zero-order valence-electron chi connectivity index (χ0n) is 12.9. The number of anilines is 1. The average molecular weight is 358 g/mol. The summed E-state index contributed by atoms with van der Waals surface area (Å²) < 4.78 is 1.11. The molecule has 0 spiro atoms. The second-order valence-electron chi connectivity index (χ2n) is 5.95. The average Bonchev–Trinajstić information content (AvgIpc) is 2.96. The van der Waals surface area contributed by atoms with Crippen molar-refractivity contribution in [2.24, 2.45) is 0 Å². The first-order valence-electron chi connectivity index (χ1n) is 7.74. The van der Waals surface area contributed by atoms with Crippen molar-refractivity contribution in [2.45, 2.75) is 39.0 Å². The van der Waals surface area contributed by atoms with Gasteiger partial charge in [0, 0.05) is 23.0 Å². The van der Waals surface area contributed by atoms with E-state index >= 15 is 0 Å². The number of fused-ring (bicyclic) bond motifs is 1. The molecule has 22 heavy (non-hydrogen) atoms. The van der Waals surface area contributed by atoms with Crippen molar-refractivity contribution in [1.29, 1.82) is 0 Å². The van der Waals surface area contributed by atoms with Gasteiger partial charge in [-0.25, -0.2) is 0 Å². The molecule has 1 aliphatic rings. The van der Waals surface area contributed by atoms with Crippen LogP contribution in [0, 0.1) is 0 Å². The Bertz CT molecular complexity index is 723. The minimum atomic E-state index is 0.000812. The van der Waals surface area contributed by atoms with E-state index in [1.54, 1.807) is 6.92 Å². The van der Waals surface area contributed by atoms with Crippen LogP contribution in [0.2, 0.25) is 0 Å². The van der Waals surface area contributed by atoms with Gasteiger partial charge in [-0.15, -0.1) is 0 Å². The maximum Gasteiger partial charge on any atom is 0.221 e. The number of nitrogens with one attached hydrogen (secondary N) is 1. The van der Waals surface area contributed by atoms with Gasteiger partial charge >= 0.3 is 0 Å². The number of carbonyl (C=O) groups excluding carboxylic acids is 1. The lowest BCUT2D eigenvalue weighted by molar-refractivity contribution is -0.114. The molecule has 2 aromatic rings. The van der Waals surface area contributed by atoms with Crippen LogP contribution in [-0.2, 0) is 17.6 Å². The third-order valence-corrected chi connectivity index (χ3v) is 5.18. The first kappa shape index (κ1) is 15.3. The topological polar surface area (TPSA) is 29.1 Å².